The van der Waals surface area contributed by atoms with Gasteiger partial charge in [0.15, 0.2) is 0 Å². The van der Waals surface area contributed by atoms with Gasteiger partial charge in [-0.3, -0.25) is 14.4 Å². The lowest BCUT2D eigenvalue weighted by molar-refractivity contribution is -0.134. The van der Waals surface area contributed by atoms with E-state index in [1.807, 2.05) is 61.2 Å². The molecule has 9 nitrogen and oxygen atoms in total. The Bertz CT molecular complexity index is 1790. The predicted octanol–water partition coefficient (Wildman–Crippen LogP) is 5.94. The van der Waals surface area contributed by atoms with Crippen LogP contribution in [0.4, 0.5) is 0 Å². The van der Waals surface area contributed by atoms with Crippen LogP contribution in [0.15, 0.2) is 66.2 Å². The number of fused-ring (bicyclic) bond motifs is 2. The molecule has 0 spiro atoms. The van der Waals surface area contributed by atoms with Gasteiger partial charge in [0.25, 0.3) is 5.91 Å². The fourth-order valence-corrected chi connectivity index (χ4v) is 7.47. The Labute approximate surface area is 306 Å². The van der Waals surface area contributed by atoms with Gasteiger partial charge in [0.05, 0.1) is 11.1 Å². The molecule has 0 radical (unpaired) electrons. The number of ether oxygens (including phenoxy) is 2. The first-order valence-corrected chi connectivity index (χ1v) is 18.5. The molecule has 51 heavy (non-hydrogen) atoms. The lowest BCUT2D eigenvalue weighted by Crippen LogP contribution is -2.62. The second-order valence-electron chi connectivity index (χ2n) is 14.1. The number of nitrogens with one attached hydrogen (secondary N) is 1. The Hall–Kier alpha value is -4.34. The van der Waals surface area contributed by atoms with Gasteiger partial charge >= 0.3 is 0 Å². The molecule has 2 bridgehead atoms. The van der Waals surface area contributed by atoms with Crippen molar-refractivity contribution in [3.63, 3.8) is 0 Å². The van der Waals surface area contributed by atoms with Gasteiger partial charge in [-0.05, 0) is 111 Å². The number of primary amides is 1. The minimum atomic E-state index is -0.404. The molecular formula is C41H49ClN4O5. The van der Waals surface area contributed by atoms with E-state index in [0.717, 1.165) is 47.1 Å². The maximum atomic E-state index is 14.7. The topological polar surface area (TPSA) is 114 Å². The van der Waals surface area contributed by atoms with Crippen molar-refractivity contribution in [1.82, 2.24) is 15.1 Å². The summed E-state index contributed by atoms with van der Waals surface area (Å²) in [5.41, 5.74) is 12.8. The number of carbonyl (C=O) groups excluding carboxylic acids is 3. The summed E-state index contributed by atoms with van der Waals surface area (Å²) < 4.78 is 11.9. The van der Waals surface area contributed by atoms with Gasteiger partial charge < -0.3 is 30.3 Å². The molecule has 1 unspecified atom stereocenters. The smallest absolute Gasteiger partial charge is 0.252 e. The lowest BCUT2D eigenvalue weighted by atomic mass is 9.82. The highest BCUT2D eigenvalue weighted by molar-refractivity contribution is 6.32. The van der Waals surface area contributed by atoms with E-state index in [1.54, 1.807) is 0 Å². The van der Waals surface area contributed by atoms with E-state index < -0.39 is 5.91 Å². The molecule has 1 saturated carbocycles. The summed E-state index contributed by atoms with van der Waals surface area (Å²) >= 11 is 6.37. The summed E-state index contributed by atoms with van der Waals surface area (Å²) in [6.45, 7) is 8.44. The van der Waals surface area contributed by atoms with Crippen molar-refractivity contribution in [2.75, 3.05) is 32.8 Å². The first-order chi connectivity index (χ1) is 24.6. The third-order valence-electron chi connectivity index (χ3n) is 10.3. The van der Waals surface area contributed by atoms with E-state index in [-0.39, 0.29) is 42.8 Å². The monoisotopic (exact) mass is 712 g/mol. The number of carbonyl (C=O) groups is 3. The summed E-state index contributed by atoms with van der Waals surface area (Å²) in [6.07, 6.45) is 4.27. The zero-order chi connectivity index (χ0) is 36.1. The average Bonchev–Trinajstić information content (AvgIpc) is 3.95. The van der Waals surface area contributed by atoms with Gasteiger partial charge in [-0.2, -0.15) is 0 Å². The molecule has 270 valence electrons. The molecule has 2 atom stereocenters. The molecule has 6 rings (SSSR count). The normalized spacial score (nSPS) is 18.4. The quantitative estimate of drug-likeness (QED) is 0.189. The van der Waals surface area contributed by atoms with Gasteiger partial charge in [-0.15, -0.1) is 0 Å². The van der Waals surface area contributed by atoms with E-state index in [9.17, 15) is 14.4 Å². The highest BCUT2D eigenvalue weighted by atomic mass is 35.5. The summed E-state index contributed by atoms with van der Waals surface area (Å²) in [5.74, 6) is 0.985. The summed E-state index contributed by atoms with van der Waals surface area (Å²) in [5, 5.41) is 4.27. The minimum Gasteiger partial charge on any atom is -0.490 e. The average molecular weight is 713 g/mol. The van der Waals surface area contributed by atoms with Crippen molar-refractivity contribution >= 4 is 34.9 Å². The van der Waals surface area contributed by atoms with Gasteiger partial charge in [-0.25, -0.2) is 0 Å². The maximum absolute atomic E-state index is 14.7. The van der Waals surface area contributed by atoms with Crippen molar-refractivity contribution in [2.24, 2.45) is 5.73 Å². The van der Waals surface area contributed by atoms with Crippen LogP contribution in [0.25, 0.3) is 5.57 Å². The van der Waals surface area contributed by atoms with Gasteiger partial charge in [0.1, 0.15) is 24.7 Å². The molecule has 3 amide bonds. The van der Waals surface area contributed by atoms with Crippen molar-refractivity contribution < 1.29 is 23.9 Å². The first-order valence-electron chi connectivity index (χ1n) is 18.1. The van der Waals surface area contributed by atoms with Gasteiger partial charge in [0, 0.05) is 50.1 Å². The molecule has 1 aliphatic carbocycles. The number of piperazine rings is 1. The number of hydrogen-bond acceptors (Lipinski definition) is 6. The first kappa shape index (κ1) is 36.5. The molecule has 2 fully saturated rings. The van der Waals surface area contributed by atoms with E-state index in [1.165, 1.54) is 11.1 Å². The largest absolute Gasteiger partial charge is 0.490 e. The van der Waals surface area contributed by atoms with Crippen LogP contribution < -0.4 is 20.5 Å². The molecule has 2 heterocycles. The number of hydrogen-bond donors (Lipinski definition) is 2. The predicted molar refractivity (Wildman–Crippen MR) is 200 cm³/mol. The molecule has 3 aromatic carbocycles. The second-order valence-corrected chi connectivity index (χ2v) is 14.5. The molecule has 10 heteroatoms. The van der Waals surface area contributed by atoms with E-state index >= 15 is 0 Å². The van der Waals surface area contributed by atoms with Crippen LogP contribution in [-0.4, -0.2) is 78.5 Å². The SMILES string of the molecule is Cc1cc(Cl)c(OCCOc2ccc(C3=C(C(=O)N(CCc4ccccc4C)C4CC4)[C@H]4CN(C(=O)CCCC(N)=O)CC(C3)N4)cc2)cc1C. The minimum absolute atomic E-state index is 0.00189. The fourth-order valence-electron chi connectivity index (χ4n) is 7.19. The zero-order valence-corrected chi connectivity index (χ0v) is 30.6. The number of rotatable bonds is 15. The third-order valence-corrected chi connectivity index (χ3v) is 10.6. The molecule has 3 aliphatic rings. The van der Waals surface area contributed by atoms with E-state index in [0.29, 0.717) is 62.2 Å². The Balaban J connectivity index is 1.20. The molecule has 1 saturated heterocycles. The third kappa shape index (κ3) is 9.13. The van der Waals surface area contributed by atoms with Crippen LogP contribution in [0.5, 0.6) is 11.5 Å². The Kier molecular flexibility index (Phi) is 11.7. The highest BCUT2D eigenvalue weighted by Crippen LogP contribution is 2.37. The van der Waals surface area contributed by atoms with Gasteiger partial charge in [-0.1, -0.05) is 48.0 Å². The van der Waals surface area contributed by atoms with Crippen LogP contribution in [-0.2, 0) is 20.8 Å². The van der Waals surface area contributed by atoms with Crippen molar-refractivity contribution in [1.29, 1.82) is 0 Å². The molecule has 0 aromatic heterocycles. The Morgan fingerprint density at radius 2 is 1.65 bits per heavy atom. The van der Waals surface area contributed by atoms with Gasteiger partial charge in [0.2, 0.25) is 11.8 Å². The summed E-state index contributed by atoms with van der Waals surface area (Å²) in [4.78, 5) is 43.2. The molecule has 3 N–H and O–H groups in total. The van der Waals surface area contributed by atoms with Crippen LogP contribution in [0.3, 0.4) is 0 Å². The van der Waals surface area contributed by atoms with Crippen LogP contribution in [0.2, 0.25) is 5.02 Å². The number of nitrogens with zero attached hydrogens (tertiary/aromatic N) is 2. The van der Waals surface area contributed by atoms with Crippen LogP contribution >= 0.6 is 11.6 Å². The van der Waals surface area contributed by atoms with Crippen molar-refractivity contribution in [3.8, 4) is 11.5 Å². The maximum Gasteiger partial charge on any atom is 0.252 e. The Morgan fingerprint density at radius 3 is 2.37 bits per heavy atom. The lowest BCUT2D eigenvalue weighted by Gasteiger charge is -2.45. The number of benzene rings is 3. The van der Waals surface area contributed by atoms with E-state index in [2.05, 4.69) is 35.3 Å². The standard InChI is InChI=1S/C41H49ClN4O5/c1-26-7-4-5-8-29(26)17-18-46(32-13-14-32)41(49)40-34(23-31-24-45(25-36(40)44-31)39(48)10-6-9-38(43)47)30-11-15-33(16-12-30)50-19-20-51-37-22-28(3)27(2)21-35(37)42/h4-5,7-8,11-12,15-16,21-22,31-32,36,44H,6,9-10,13-14,17-20,23-25H2,1-3H3,(H2,43,47)/t31?,36-/m1/s1. The van der Waals surface area contributed by atoms with Crippen molar-refractivity contribution in [2.45, 2.75) is 83.8 Å². The molecular weight excluding hydrogens is 664 g/mol. The fraction of sp³-hybridized carbons (Fsp3) is 0.439. The number of aryl methyl sites for hydroxylation is 3. The zero-order valence-electron chi connectivity index (χ0n) is 29.9. The number of nitrogens with two attached hydrogens (primary N) is 1. The van der Waals surface area contributed by atoms with Crippen molar-refractivity contribution in [3.05, 3.63) is 99.1 Å². The highest BCUT2D eigenvalue weighted by Gasteiger charge is 2.43. The van der Waals surface area contributed by atoms with Crippen LogP contribution in [0.1, 0.15) is 66.3 Å². The molecule has 2 aliphatic heterocycles. The number of amides is 3. The summed E-state index contributed by atoms with van der Waals surface area (Å²) in [7, 11) is 0. The van der Waals surface area contributed by atoms with E-state index in [4.69, 9.17) is 26.8 Å². The Morgan fingerprint density at radius 1 is 0.922 bits per heavy atom. The molecule has 3 aromatic rings. The number of halogens is 1. The van der Waals surface area contributed by atoms with Crippen LogP contribution in [0, 0.1) is 20.8 Å². The summed E-state index contributed by atoms with van der Waals surface area (Å²) in [6, 6.07) is 20.1. The second kappa shape index (κ2) is 16.3.